The first-order valence-corrected chi connectivity index (χ1v) is 10.8. The van der Waals surface area contributed by atoms with Gasteiger partial charge in [-0.15, -0.1) is 0 Å². The van der Waals surface area contributed by atoms with Crippen molar-refractivity contribution in [3.8, 4) is 11.5 Å². The Morgan fingerprint density at radius 2 is 1.74 bits per heavy atom. The Bertz CT molecular complexity index is 930. The molecular weight excluding hydrogens is 463 g/mol. The van der Waals surface area contributed by atoms with E-state index >= 15 is 0 Å². The Morgan fingerprint density at radius 1 is 1.10 bits per heavy atom. The van der Waals surface area contributed by atoms with Crippen LogP contribution in [0.15, 0.2) is 30.3 Å². The number of likely N-dealkylation sites (N-methyl/N-ethyl adjacent to an activating group) is 1. The molecule has 31 heavy (non-hydrogen) atoms. The summed E-state index contributed by atoms with van der Waals surface area (Å²) in [5.41, 5.74) is 0.563. The number of hydrogen-bond donors (Lipinski definition) is 1. The molecule has 2 aromatic carbocycles. The number of amides is 2. The third kappa shape index (κ3) is 6.92. The Hall–Kier alpha value is -2.15. The summed E-state index contributed by atoms with van der Waals surface area (Å²) >= 11 is 18.5. The lowest BCUT2D eigenvalue weighted by Gasteiger charge is -2.19. The smallest absolute Gasteiger partial charge is 0.254 e. The fraction of sp³-hybridized carbons (Fsp3) is 0.364. The second kappa shape index (κ2) is 11.5. The SMILES string of the molecule is COc1cc(C(=O)N(C)CC(=O)Nc2c(Cl)cccc2Cl)cc(Cl)c1OCCC(C)C. The molecule has 0 aliphatic rings. The maximum Gasteiger partial charge on any atom is 0.254 e. The summed E-state index contributed by atoms with van der Waals surface area (Å²) in [4.78, 5) is 26.5. The predicted octanol–water partition coefficient (Wildman–Crippen LogP) is 5.79. The molecule has 0 aromatic heterocycles. The summed E-state index contributed by atoms with van der Waals surface area (Å²) < 4.78 is 11.1. The zero-order valence-corrected chi connectivity index (χ0v) is 20.1. The minimum Gasteiger partial charge on any atom is -0.493 e. The van der Waals surface area contributed by atoms with Crippen LogP contribution in [0.25, 0.3) is 0 Å². The minimum absolute atomic E-state index is 0.215. The number of nitrogens with zero attached hydrogens (tertiary/aromatic N) is 1. The molecule has 0 unspecified atom stereocenters. The van der Waals surface area contributed by atoms with Gasteiger partial charge in [0.25, 0.3) is 5.91 Å². The van der Waals surface area contributed by atoms with Crippen molar-refractivity contribution in [3.05, 3.63) is 51.0 Å². The molecule has 2 aromatic rings. The van der Waals surface area contributed by atoms with Crippen molar-refractivity contribution in [2.24, 2.45) is 5.92 Å². The molecule has 0 aliphatic carbocycles. The zero-order chi connectivity index (χ0) is 23.1. The van der Waals surface area contributed by atoms with Gasteiger partial charge < -0.3 is 19.7 Å². The lowest BCUT2D eigenvalue weighted by atomic mass is 10.1. The van der Waals surface area contributed by atoms with Gasteiger partial charge in [0.2, 0.25) is 5.91 Å². The summed E-state index contributed by atoms with van der Waals surface area (Å²) in [7, 11) is 2.98. The fourth-order valence-corrected chi connectivity index (χ4v) is 3.44. The van der Waals surface area contributed by atoms with Crippen molar-refractivity contribution in [1.29, 1.82) is 0 Å². The van der Waals surface area contributed by atoms with E-state index in [2.05, 4.69) is 19.2 Å². The molecule has 0 aliphatic heterocycles. The molecule has 2 rings (SSSR count). The molecule has 9 heteroatoms. The topological polar surface area (TPSA) is 67.9 Å². The average Bonchev–Trinajstić information content (AvgIpc) is 2.70. The number of anilines is 1. The van der Waals surface area contributed by atoms with Crippen LogP contribution in [-0.2, 0) is 4.79 Å². The Balaban J connectivity index is 2.10. The maximum atomic E-state index is 12.8. The standard InChI is InChI=1S/C22H25Cl3N2O4/c1-13(2)8-9-31-21-17(25)10-14(11-18(21)30-4)22(29)27(3)12-19(28)26-20-15(23)6-5-7-16(20)24/h5-7,10-11,13H,8-9,12H2,1-4H3,(H,26,28). The first-order valence-electron chi connectivity index (χ1n) is 9.63. The number of para-hydroxylation sites is 1. The highest BCUT2D eigenvalue weighted by atomic mass is 35.5. The van der Waals surface area contributed by atoms with Gasteiger partial charge in [-0.2, -0.15) is 0 Å². The number of carbonyl (C=O) groups is 2. The van der Waals surface area contributed by atoms with Crippen molar-refractivity contribution < 1.29 is 19.1 Å². The second-order valence-electron chi connectivity index (χ2n) is 7.33. The normalized spacial score (nSPS) is 10.7. The Morgan fingerprint density at radius 3 is 2.32 bits per heavy atom. The van der Waals surface area contributed by atoms with Gasteiger partial charge in [-0.25, -0.2) is 0 Å². The molecule has 0 heterocycles. The monoisotopic (exact) mass is 486 g/mol. The van der Waals surface area contributed by atoms with Crippen LogP contribution in [0.3, 0.4) is 0 Å². The molecule has 0 fully saturated rings. The van der Waals surface area contributed by atoms with Gasteiger partial charge >= 0.3 is 0 Å². The number of ether oxygens (including phenoxy) is 2. The predicted molar refractivity (Wildman–Crippen MR) is 125 cm³/mol. The van der Waals surface area contributed by atoms with E-state index in [1.807, 2.05) is 0 Å². The zero-order valence-electron chi connectivity index (χ0n) is 17.8. The van der Waals surface area contributed by atoms with Crippen LogP contribution in [0.5, 0.6) is 11.5 Å². The molecular formula is C22H25Cl3N2O4. The van der Waals surface area contributed by atoms with Crippen LogP contribution in [-0.4, -0.2) is 44.0 Å². The van der Waals surface area contributed by atoms with Crippen LogP contribution in [0.4, 0.5) is 5.69 Å². The van der Waals surface area contributed by atoms with Gasteiger partial charge in [0, 0.05) is 12.6 Å². The van der Waals surface area contributed by atoms with E-state index in [0.717, 1.165) is 6.42 Å². The molecule has 0 bridgehead atoms. The quantitative estimate of drug-likeness (QED) is 0.486. The van der Waals surface area contributed by atoms with Crippen molar-refractivity contribution in [1.82, 2.24) is 4.90 Å². The molecule has 168 valence electrons. The number of methoxy groups -OCH3 is 1. The molecule has 6 nitrogen and oxygen atoms in total. The lowest BCUT2D eigenvalue weighted by Crippen LogP contribution is -2.35. The van der Waals surface area contributed by atoms with Crippen LogP contribution in [0.1, 0.15) is 30.6 Å². The Labute approximate surface area is 197 Å². The van der Waals surface area contributed by atoms with Crippen molar-refractivity contribution in [3.63, 3.8) is 0 Å². The third-order valence-corrected chi connectivity index (χ3v) is 5.28. The van der Waals surface area contributed by atoms with Crippen LogP contribution in [0, 0.1) is 5.92 Å². The fourth-order valence-electron chi connectivity index (χ4n) is 2.68. The highest BCUT2D eigenvalue weighted by molar-refractivity contribution is 6.39. The van der Waals surface area contributed by atoms with E-state index in [0.29, 0.717) is 39.8 Å². The van der Waals surface area contributed by atoms with E-state index < -0.39 is 11.8 Å². The summed E-state index contributed by atoms with van der Waals surface area (Å²) in [5, 5.41) is 3.49. The average molecular weight is 488 g/mol. The molecule has 0 atom stereocenters. The van der Waals surface area contributed by atoms with Gasteiger partial charge in [0.1, 0.15) is 0 Å². The summed E-state index contributed by atoms with van der Waals surface area (Å²) in [5.74, 6) is 0.355. The van der Waals surface area contributed by atoms with Gasteiger partial charge in [-0.1, -0.05) is 54.7 Å². The highest BCUT2D eigenvalue weighted by Gasteiger charge is 2.21. The van der Waals surface area contributed by atoms with E-state index in [4.69, 9.17) is 44.3 Å². The minimum atomic E-state index is -0.447. The summed E-state index contributed by atoms with van der Waals surface area (Å²) in [6.07, 6.45) is 0.855. The van der Waals surface area contributed by atoms with Gasteiger partial charge in [-0.05, 0) is 36.6 Å². The molecule has 0 saturated heterocycles. The number of carbonyl (C=O) groups excluding carboxylic acids is 2. The van der Waals surface area contributed by atoms with Gasteiger partial charge in [-0.3, -0.25) is 9.59 Å². The first kappa shape index (κ1) is 25.1. The van der Waals surface area contributed by atoms with Crippen LogP contribution >= 0.6 is 34.8 Å². The molecule has 0 saturated carbocycles. The van der Waals surface area contributed by atoms with E-state index in [1.54, 1.807) is 18.2 Å². The summed E-state index contributed by atoms with van der Waals surface area (Å²) in [6, 6.07) is 7.92. The van der Waals surface area contributed by atoms with Crippen molar-refractivity contribution in [2.75, 3.05) is 32.6 Å². The van der Waals surface area contributed by atoms with Gasteiger partial charge in [0.15, 0.2) is 11.5 Å². The number of rotatable bonds is 9. The summed E-state index contributed by atoms with van der Waals surface area (Å²) in [6.45, 7) is 4.45. The van der Waals surface area contributed by atoms with E-state index in [1.165, 1.54) is 31.2 Å². The molecule has 0 spiro atoms. The molecule has 0 radical (unpaired) electrons. The van der Waals surface area contributed by atoms with Crippen LogP contribution < -0.4 is 14.8 Å². The van der Waals surface area contributed by atoms with E-state index in [-0.39, 0.29) is 17.1 Å². The van der Waals surface area contributed by atoms with Crippen LogP contribution in [0.2, 0.25) is 15.1 Å². The lowest BCUT2D eigenvalue weighted by molar-refractivity contribution is -0.116. The third-order valence-electron chi connectivity index (χ3n) is 4.37. The second-order valence-corrected chi connectivity index (χ2v) is 8.55. The van der Waals surface area contributed by atoms with E-state index in [9.17, 15) is 9.59 Å². The maximum absolute atomic E-state index is 12.8. The number of halogens is 3. The molecule has 2 amide bonds. The number of benzene rings is 2. The largest absolute Gasteiger partial charge is 0.493 e. The van der Waals surface area contributed by atoms with Gasteiger partial charge in [0.05, 0.1) is 41.0 Å². The number of hydrogen-bond acceptors (Lipinski definition) is 4. The first-order chi connectivity index (χ1) is 14.6. The van der Waals surface area contributed by atoms with Crippen molar-refractivity contribution >= 4 is 52.3 Å². The molecule has 1 N–H and O–H groups in total. The van der Waals surface area contributed by atoms with Crippen molar-refractivity contribution in [2.45, 2.75) is 20.3 Å². The Kier molecular flexibility index (Phi) is 9.29. The highest BCUT2D eigenvalue weighted by Crippen LogP contribution is 2.37. The number of nitrogens with one attached hydrogen (secondary N) is 1.